The molecule has 0 bridgehead atoms. The van der Waals surface area contributed by atoms with Crippen LogP contribution in [-0.4, -0.2) is 76.0 Å². The first-order chi connectivity index (χ1) is 6.45. The SMILES string of the molecule is C1C[N]([Al+][N]2CCOCC2)CCO1. The van der Waals surface area contributed by atoms with Crippen molar-refractivity contribution in [3.8, 4) is 0 Å². The topological polar surface area (TPSA) is 24.9 Å². The molecule has 0 spiro atoms. The molecule has 0 aromatic rings. The Morgan fingerprint density at radius 3 is 1.46 bits per heavy atom. The summed E-state index contributed by atoms with van der Waals surface area (Å²) in [5.74, 6) is 0. The van der Waals surface area contributed by atoms with E-state index in [1.807, 2.05) is 0 Å². The van der Waals surface area contributed by atoms with E-state index in [-0.39, 0.29) is 0 Å². The molecule has 0 unspecified atom stereocenters. The predicted molar refractivity (Wildman–Crippen MR) is 50.5 cm³/mol. The summed E-state index contributed by atoms with van der Waals surface area (Å²) in [7, 11) is 0. The number of nitrogens with zero attached hydrogens (tertiary/aromatic N) is 2. The standard InChI is InChI=1S/2C4H8NO.Al/c2*1-3-6-4-2-5-1;/h2*1-4H2;/q2*-1;+3. The van der Waals surface area contributed by atoms with E-state index < -0.39 is 0 Å². The normalized spacial score (nSPS) is 27.1. The molecule has 4 nitrogen and oxygen atoms in total. The van der Waals surface area contributed by atoms with Gasteiger partial charge in [0, 0.05) is 0 Å². The molecular formula is C8H16AlN2O2+. The zero-order chi connectivity index (χ0) is 8.93. The van der Waals surface area contributed by atoms with Crippen LogP contribution in [0.3, 0.4) is 0 Å². The number of hydrogen-bond acceptors (Lipinski definition) is 4. The van der Waals surface area contributed by atoms with Crippen molar-refractivity contribution in [1.82, 2.24) is 7.77 Å². The van der Waals surface area contributed by atoms with Gasteiger partial charge in [0.05, 0.1) is 0 Å². The molecule has 2 fully saturated rings. The molecule has 2 aliphatic rings. The molecule has 0 aromatic heterocycles. The average molecular weight is 199 g/mol. The van der Waals surface area contributed by atoms with Gasteiger partial charge >= 0.3 is 85.5 Å². The fourth-order valence-corrected chi connectivity index (χ4v) is 2.96. The number of ether oxygens (including phenoxy) is 2. The second kappa shape index (κ2) is 5.30. The quantitative estimate of drug-likeness (QED) is 0.543. The van der Waals surface area contributed by atoms with E-state index in [1.54, 1.807) is 0 Å². The van der Waals surface area contributed by atoms with Gasteiger partial charge in [-0.1, -0.05) is 0 Å². The molecule has 0 radical (unpaired) electrons. The van der Waals surface area contributed by atoms with Crippen LogP contribution in [0.1, 0.15) is 0 Å². The molecule has 72 valence electrons. The molecule has 2 aliphatic heterocycles. The van der Waals surface area contributed by atoms with Crippen LogP contribution in [0, 0.1) is 0 Å². The van der Waals surface area contributed by atoms with E-state index in [9.17, 15) is 0 Å². The maximum absolute atomic E-state index is 5.32. The van der Waals surface area contributed by atoms with E-state index in [4.69, 9.17) is 9.47 Å². The summed E-state index contributed by atoms with van der Waals surface area (Å²) < 4.78 is 15.7. The maximum atomic E-state index is 5.32. The molecule has 2 saturated heterocycles. The fourth-order valence-electron chi connectivity index (χ4n) is 1.62. The van der Waals surface area contributed by atoms with E-state index in [1.165, 1.54) is 0 Å². The predicted octanol–water partition coefficient (Wildman–Crippen LogP) is -0.815. The van der Waals surface area contributed by atoms with Crippen molar-refractivity contribution in [2.24, 2.45) is 0 Å². The molecular weight excluding hydrogens is 183 g/mol. The Kier molecular flexibility index (Phi) is 4.04. The zero-order valence-corrected chi connectivity index (χ0v) is 9.10. The van der Waals surface area contributed by atoms with Crippen LogP contribution in [0.5, 0.6) is 0 Å². The summed E-state index contributed by atoms with van der Waals surface area (Å²) in [4.78, 5) is 0. The van der Waals surface area contributed by atoms with Gasteiger partial charge in [-0.2, -0.15) is 0 Å². The molecule has 2 heterocycles. The van der Waals surface area contributed by atoms with Gasteiger partial charge in [0.15, 0.2) is 0 Å². The van der Waals surface area contributed by atoms with Crippen LogP contribution in [0.4, 0.5) is 0 Å². The third-order valence-electron chi connectivity index (χ3n) is 2.42. The first-order valence-corrected chi connectivity index (χ1v) is 5.97. The van der Waals surface area contributed by atoms with Gasteiger partial charge in [0.25, 0.3) is 0 Å². The Bertz CT molecular complexity index is 131. The summed E-state index contributed by atoms with van der Waals surface area (Å²) in [5.41, 5.74) is 0. The Hall–Kier alpha value is 0.372. The minimum atomic E-state index is 0.332. The van der Waals surface area contributed by atoms with Crippen LogP contribution in [0.15, 0.2) is 0 Å². The second-order valence-electron chi connectivity index (χ2n) is 3.41. The van der Waals surface area contributed by atoms with Gasteiger partial charge in [-0.15, -0.1) is 0 Å². The van der Waals surface area contributed by atoms with Gasteiger partial charge in [0.1, 0.15) is 0 Å². The van der Waals surface area contributed by atoms with Crippen LogP contribution in [0.25, 0.3) is 0 Å². The molecule has 0 N–H and O–H groups in total. The molecule has 0 atom stereocenters. The molecule has 2 rings (SSSR count). The third-order valence-corrected chi connectivity index (χ3v) is 4.10. The number of hydrogen-bond donors (Lipinski definition) is 0. The summed E-state index contributed by atoms with van der Waals surface area (Å²) in [5, 5.41) is 0. The van der Waals surface area contributed by atoms with Crippen molar-refractivity contribution in [2.75, 3.05) is 52.6 Å². The van der Waals surface area contributed by atoms with Crippen LogP contribution < -0.4 is 0 Å². The first-order valence-electron chi connectivity index (χ1n) is 4.94. The van der Waals surface area contributed by atoms with Gasteiger partial charge < -0.3 is 0 Å². The van der Waals surface area contributed by atoms with E-state index in [0.717, 1.165) is 52.6 Å². The van der Waals surface area contributed by atoms with E-state index in [0.29, 0.717) is 15.7 Å². The Labute approximate surface area is 85.9 Å². The van der Waals surface area contributed by atoms with Gasteiger partial charge in [-0.25, -0.2) is 0 Å². The summed E-state index contributed by atoms with van der Waals surface area (Å²) >= 11 is 0.332. The summed E-state index contributed by atoms with van der Waals surface area (Å²) in [6.07, 6.45) is 0. The molecule has 13 heavy (non-hydrogen) atoms. The zero-order valence-electron chi connectivity index (χ0n) is 7.95. The Morgan fingerprint density at radius 1 is 0.692 bits per heavy atom. The molecule has 0 saturated carbocycles. The van der Waals surface area contributed by atoms with E-state index >= 15 is 0 Å². The van der Waals surface area contributed by atoms with Crippen LogP contribution >= 0.6 is 0 Å². The number of morpholine rings is 2. The fraction of sp³-hybridized carbons (Fsp3) is 1.00. The number of rotatable bonds is 2. The van der Waals surface area contributed by atoms with Crippen molar-refractivity contribution in [3.05, 3.63) is 0 Å². The molecule has 0 aromatic carbocycles. The summed E-state index contributed by atoms with van der Waals surface area (Å²) in [6, 6.07) is 0. The molecule has 0 aliphatic carbocycles. The van der Waals surface area contributed by atoms with Crippen molar-refractivity contribution in [2.45, 2.75) is 0 Å². The third kappa shape index (κ3) is 3.21. The minimum absolute atomic E-state index is 0.332. The van der Waals surface area contributed by atoms with Crippen molar-refractivity contribution in [3.63, 3.8) is 0 Å². The summed E-state index contributed by atoms with van der Waals surface area (Å²) in [6.45, 7) is 8.13. The van der Waals surface area contributed by atoms with Gasteiger partial charge in [0.2, 0.25) is 0 Å². The van der Waals surface area contributed by atoms with E-state index in [2.05, 4.69) is 7.77 Å². The van der Waals surface area contributed by atoms with Crippen molar-refractivity contribution >= 4 is 15.7 Å². The van der Waals surface area contributed by atoms with Crippen molar-refractivity contribution < 1.29 is 9.47 Å². The van der Waals surface area contributed by atoms with Gasteiger partial charge in [-0.05, 0) is 0 Å². The van der Waals surface area contributed by atoms with Gasteiger partial charge in [-0.3, -0.25) is 0 Å². The Morgan fingerprint density at radius 2 is 1.08 bits per heavy atom. The Balaban J connectivity index is 1.69. The monoisotopic (exact) mass is 199 g/mol. The average Bonchev–Trinajstić information content (AvgIpc) is 2.21. The molecule has 0 amide bonds. The van der Waals surface area contributed by atoms with Crippen LogP contribution in [0.2, 0.25) is 0 Å². The second-order valence-corrected chi connectivity index (χ2v) is 5.10. The van der Waals surface area contributed by atoms with Crippen LogP contribution in [-0.2, 0) is 9.47 Å². The molecule has 5 heteroatoms. The van der Waals surface area contributed by atoms with Crippen molar-refractivity contribution in [1.29, 1.82) is 0 Å². The first kappa shape index (κ1) is 9.91.